The van der Waals surface area contributed by atoms with Crippen molar-refractivity contribution in [2.24, 2.45) is 0 Å². The summed E-state index contributed by atoms with van der Waals surface area (Å²) in [5.74, 6) is 1.43. The lowest BCUT2D eigenvalue weighted by atomic mass is 10.1. The van der Waals surface area contributed by atoms with E-state index >= 15 is 0 Å². The zero-order chi connectivity index (χ0) is 18.4. The first-order valence-electron chi connectivity index (χ1n) is 8.59. The van der Waals surface area contributed by atoms with Gasteiger partial charge in [0.05, 0.1) is 6.04 Å². The van der Waals surface area contributed by atoms with Crippen molar-refractivity contribution in [3.63, 3.8) is 0 Å². The summed E-state index contributed by atoms with van der Waals surface area (Å²) in [5, 5.41) is 2.93. The number of para-hydroxylation sites is 1. The molecule has 0 radical (unpaired) electrons. The Balaban J connectivity index is 1.85. The number of aryl methyl sites for hydroxylation is 3. The Morgan fingerprint density at radius 2 is 1.68 bits per heavy atom. The summed E-state index contributed by atoms with van der Waals surface area (Å²) in [6.07, 6.45) is -0.568. The molecule has 25 heavy (non-hydrogen) atoms. The number of hydrogen-bond acceptors (Lipinski definition) is 3. The van der Waals surface area contributed by atoms with Crippen LogP contribution in [0.15, 0.2) is 42.5 Å². The maximum Gasteiger partial charge on any atom is 0.261 e. The van der Waals surface area contributed by atoms with Crippen LogP contribution in [-0.2, 0) is 4.79 Å². The van der Waals surface area contributed by atoms with E-state index in [1.165, 1.54) is 0 Å². The lowest BCUT2D eigenvalue weighted by Crippen LogP contribution is -2.43. The fourth-order valence-electron chi connectivity index (χ4n) is 2.41. The van der Waals surface area contributed by atoms with Crippen molar-refractivity contribution in [3.05, 3.63) is 59.2 Å². The van der Waals surface area contributed by atoms with Crippen LogP contribution in [0.3, 0.4) is 0 Å². The van der Waals surface area contributed by atoms with Gasteiger partial charge in [0.2, 0.25) is 0 Å². The van der Waals surface area contributed by atoms with Crippen LogP contribution in [0.25, 0.3) is 0 Å². The molecule has 2 atom stereocenters. The normalized spacial score (nSPS) is 13.0. The van der Waals surface area contributed by atoms with Gasteiger partial charge >= 0.3 is 0 Å². The summed E-state index contributed by atoms with van der Waals surface area (Å²) in [6.45, 7) is 10.1. The molecular weight excluding hydrogens is 314 g/mol. The Morgan fingerprint density at radius 1 is 1.00 bits per heavy atom. The minimum Gasteiger partial charge on any atom is -0.491 e. The summed E-state index contributed by atoms with van der Waals surface area (Å²) in [6, 6.07) is 13.7. The maximum absolute atomic E-state index is 12.3. The molecule has 0 bridgehead atoms. The first kappa shape index (κ1) is 18.8. The molecule has 4 nitrogen and oxygen atoms in total. The van der Waals surface area contributed by atoms with Gasteiger partial charge in [0.15, 0.2) is 6.10 Å². The van der Waals surface area contributed by atoms with Crippen LogP contribution in [0.2, 0.25) is 0 Å². The monoisotopic (exact) mass is 341 g/mol. The van der Waals surface area contributed by atoms with E-state index in [9.17, 15) is 4.79 Å². The highest BCUT2D eigenvalue weighted by molar-refractivity contribution is 5.81. The van der Waals surface area contributed by atoms with Gasteiger partial charge in [-0.1, -0.05) is 30.3 Å². The molecule has 0 unspecified atom stereocenters. The van der Waals surface area contributed by atoms with Crippen molar-refractivity contribution in [2.75, 3.05) is 6.61 Å². The molecule has 2 aromatic rings. The zero-order valence-corrected chi connectivity index (χ0v) is 15.6. The van der Waals surface area contributed by atoms with Gasteiger partial charge in [-0.25, -0.2) is 0 Å². The van der Waals surface area contributed by atoms with Gasteiger partial charge in [-0.15, -0.1) is 0 Å². The predicted octanol–water partition coefficient (Wildman–Crippen LogP) is 3.96. The third kappa shape index (κ3) is 5.52. The van der Waals surface area contributed by atoms with Crippen LogP contribution in [-0.4, -0.2) is 24.7 Å². The molecule has 0 aliphatic heterocycles. The van der Waals surface area contributed by atoms with Gasteiger partial charge in [-0.3, -0.25) is 4.79 Å². The molecule has 0 aliphatic carbocycles. The average Bonchev–Trinajstić information content (AvgIpc) is 2.57. The third-order valence-corrected chi connectivity index (χ3v) is 3.99. The van der Waals surface area contributed by atoms with Crippen molar-refractivity contribution < 1.29 is 14.3 Å². The van der Waals surface area contributed by atoms with E-state index < -0.39 is 6.10 Å². The lowest BCUT2D eigenvalue weighted by Gasteiger charge is -2.20. The molecule has 0 heterocycles. The van der Waals surface area contributed by atoms with E-state index in [0.717, 1.165) is 28.2 Å². The fourth-order valence-corrected chi connectivity index (χ4v) is 2.41. The van der Waals surface area contributed by atoms with Gasteiger partial charge in [0.1, 0.15) is 18.1 Å². The van der Waals surface area contributed by atoms with E-state index in [0.29, 0.717) is 6.61 Å². The van der Waals surface area contributed by atoms with E-state index in [-0.39, 0.29) is 11.9 Å². The Morgan fingerprint density at radius 3 is 2.40 bits per heavy atom. The molecule has 4 heteroatoms. The van der Waals surface area contributed by atoms with Crippen molar-refractivity contribution in [1.82, 2.24) is 5.32 Å². The van der Waals surface area contributed by atoms with Crippen LogP contribution in [0.1, 0.15) is 30.5 Å². The van der Waals surface area contributed by atoms with Gasteiger partial charge in [-0.05, 0) is 63.4 Å². The van der Waals surface area contributed by atoms with E-state index in [2.05, 4.69) is 5.32 Å². The Bertz CT molecular complexity index is 727. The van der Waals surface area contributed by atoms with Crippen molar-refractivity contribution >= 4 is 5.91 Å². The first-order valence-corrected chi connectivity index (χ1v) is 8.59. The predicted molar refractivity (Wildman–Crippen MR) is 100 cm³/mol. The Hall–Kier alpha value is -2.49. The number of benzene rings is 2. The van der Waals surface area contributed by atoms with Crippen LogP contribution in [0.4, 0.5) is 0 Å². The number of carbonyl (C=O) groups excluding carboxylic acids is 1. The van der Waals surface area contributed by atoms with Crippen molar-refractivity contribution in [1.29, 1.82) is 0 Å². The molecule has 0 aromatic heterocycles. The van der Waals surface area contributed by atoms with E-state index in [1.807, 2.05) is 70.2 Å². The molecule has 0 aliphatic rings. The van der Waals surface area contributed by atoms with Crippen LogP contribution >= 0.6 is 0 Å². The molecular formula is C21H27NO3. The largest absolute Gasteiger partial charge is 0.491 e. The molecule has 134 valence electrons. The maximum atomic E-state index is 12.3. The van der Waals surface area contributed by atoms with Gasteiger partial charge < -0.3 is 14.8 Å². The molecule has 1 amide bonds. The smallest absolute Gasteiger partial charge is 0.261 e. The number of nitrogens with one attached hydrogen (secondary N) is 1. The van der Waals surface area contributed by atoms with E-state index in [4.69, 9.17) is 9.47 Å². The highest BCUT2D eigenvalue weighted by atomic mass is 16.5. The summed E-state index contributed by atoms with van der Waals surface area (Å²) in [5.41, 5.74) is 3.20. The third-order valence-electron chi connectivity index (χ3n) is 3.99. The second-order valence-electron chi connectivity index (χ2n) is 6.52. The molecule has 1 N–H and O–H groups in total. The molecule has 0 spiro atoms. The molecule has 2 aromatic carbocycles. The quantitative estimate of drug-likeness (QED) is 0.829. The summed E-state index contributed by atoms with van der Waals surface area (Å²) < 4.78 is 11.6. The van der Waals surface area contributed by atoms with E-state index in [1.54, 1.807) is 6.92 Å². The number of ether oxygens (including phenoxy) is 2. The minimum absolute atomic E-state index is 0.114. The highest BCUT2D eigenvalue weighted by Gasteiger charge is 2.18. The second kappa shape index (κ2) is 8.56. The summed E-state index contributed by atoms with van der Waals surface area (Å²) >= 11 is 0. The standard InChI is InChI=1S/C21H27NO3/c1-14-10-11-16(3)20(12-14)25-18(5)21(23)22-17(4)13-24-19-9-7-6-8-15(19)2/h6-12,17-18H,13H2,1-5H3,(H,22,23)/t17-,18-/m1/s1. The molecule has 0 saturated carbocycles. The molecule has 0 fully saturated rings. The first-order chi connectivity index (χ1) is 11.9. The Kier molecular flexibility index (Phi) is 6.45. The second-order valence-corrected chi connectivity index (χ2v) is 6.52. The minimum atomic E-state index is -0.568. The van der Waals surface area contributed by atoms with Crippen LogP contribution in [0, 0.1) is 20.8 Å². The van der Waals surface area contributed by atoms with Crippen LogP contribution in [0.5, 0.6) is 11.5 Å². The summed E-state index contributed by atoms with van der Waals surface area (Å²) in [4.78, 5) is 12.3. The van der Waals surface area contributed by atoms with Crippen LogP contribution < -0.4 is 14.8 Å². The summed E-state index contributed by atoms with van der Waals surface area (Å²) in [7, 11) is 0. The van der Waals surface area contributed by atoms with Crippen molar-refractivity contribution in [3.8, 4) is 11.5 Å². The Labute approximate surface area is 150 Å². The topological polar surface area (TPSA) is 47.6 Å². The fraction of sp³-hybridized carbons (Fsp3) is 0.381. The average molecular weight is 341 g/mol. The van der Waals surface area contributed by atoms with Gasteiger partial charge in [0, 0.05) is 0 Å². The molecule has 2 rings (SSSR count). The van der Waals surface area contributed by atoms with Crippen molar-refractivity contribution in [2.45, 2.75) is 46.8 Å². The molecule has 0 saturated heterocycles. The number of amides is 1. The number of hydrogen-bond donors (Lipinski definition) is 1. The van der Waals surface area contributed by atoms with Gasteiger partial charge in [0.25, 0.3) is 5.91 Å². The highest BCUT2D eigenvalue weighted by Crippen LogP contribution is 2.20. The lowest BCUT2D eigenvalue weighted by molar-refractivity contribution is -0.128. The number of rotatable bonds is 7. The SMILES string of the molecule is Cc1ccc(C)c(O[C@H](C)C(=O)N[C@H](C)COc2ccccc2C)c1. The zero-order valence-electron chi connectivity index (χ0n) is 15.6. The number of carbonyl (C=O) groups is 1. The van der Waals surface area contributed by atoms with Gasteiger partial charge in [-0.2, -0.15) is 0 Å².